The van der Waals surface area contributed by atoms with Crippen molar-refractivity contribution in [3.8, 4) is 0 Å². The minimum atomic E-state index is -3.39. The van der Waals surface area contributed by atoms with E-state index in [1.165, 1.54) is 4.31 Å². The summed E-state index contributed by atoms with van der Waals surface area (Å²) in [5.41, 5.74) is 0. The second-order valence-electron chi connectivity index (χ2n) is 6.12. The van der Waals surface area contributed by atoms with Crippen molar-refractivity contribution >= 4 is 10.2 Å². The van der Waals surface area contributed by atoms with Crippen LogP contribution in [0.3, 0.4) is 0 Å². The van der Waals surface area contributed by atoms with Crippen molar-refractivity contribution in [1.29, 1.82) is 0 Å². The first-order valence-corrected chi connectivity index (χ1v) is 8.95. The van der Waals surface area contributed by atoms with Crippen LogP contribution in [0.4, 0.5) is 0 Å². The zero-order valence-corrected chi connectivity index (χ0v) is 13.4. The number of ether oxygens (including phenoxy) is 1. The average Bonchev–Trinajstić information content (AvgIpc) is 2.95. The molecule has 3 atom stereocenters. The molecule has 3 unspecified atom stereocenters. The molecule has 2 rings (SSSR count). The van der Waals surface area contributed by atoms with Crippen LogP contribution in [0, 0.1) is 0 Å². The minimum Gasteiger partial charge on any atom is -0.373 e. The van der Waals surface area contributed by atoms with Gasteiger partial charge in [-0.3, -0.25) is 0 Å². The molecule has 0 spiro atoms. The van der Waals surface area contributed by atoms with E-state index in [1.807, 2.05) is 0 Å². The van der Waals surface area contributed by atoms with Gasteiger partial charge in [-0.1, -0.05) is 13.8 Å². The summed E-state index contributed by atoms with van der Waals surface area (Å²) < 4.78 is 34.3. The Morgan fingerprint density at radius 3 is 2.65 bits per heavy atom. The average molecular weight is 305 g/mol. The first-order chi connectivity index (χ1) is 9.38. The van der Waals surface area contributed by atoms with Gasteiger partial charge in [-0.2, -0.15) is 17.4 Å². The van der Waals surface area contributed by atoms with Crippen LogP contribution in [-0.4, -0.2) is 57.2 Å². The maximum atomic E-state index is 12.2. The van der Waals surface area contributed by atoms with Crippen molar-refractivity contribution in [3.05, 3.63) is 0 Å². The molecule has 2 fully saturated rings. The molecule has 0 aliphatic carbocycles. The number of nitrogens with one attached hydrogen (secondary N) is 2. The van der Waals surface area contributed by atoms with Gasteiger partial charge in [-0.25, -0.2) is 0 Å². The zero-order chi connectivity index (χ0) is 14.8. The highest BCUT2D eigenvalue weighted by molar-refractivity contribution is 7.87. The SMILES string of the molecule is CC(C)NCCCN(C)S(=O)(=O)NC1CC2CCC1O2. The summed E-state index contributed by atoms with van der Waals surface area (Å²) in [4.78, 5) is 0. The number of rotatable bonds is 8. The Balaban J connectivity index is 1.74. The third-order valence-corrected chi connectivity index (χ3v) is 5.62. The lowest BCUT2D eigenvalue weighted by atomic mass is 9.96. The van der Waals surface area contributed by atoms with Gasteiger partial charge in [0.25, 0.3) is 10.2 Å². The molecule has 0 saturated carbocycles. The van der Waals surface area contributed by atoms with E-state index in [0.29, 0.717) is 12.6 Å². The van der Waals surface area contributed by atoms with Gasteiger partial charge in [0.05, 0.1) is 18.2 Å². The largest absolute Gasteiger partial charge is 0.373 e. The van der Waals surface area contributed by atoms with E-state index >= 15 is 0 Å². The van der Waals surface area contributed by atoms with Gasteiger partial charge in [-0.15, -0.1) is 0 Å². The van der Waals surface area contributed by atoms with Crippen LogP contribution in [0.2, 0.25) is 0 Å². The number of hydrogen-bond donors (Lipinski definition) is 2. The van der Waals surface area contributed by atoms with Crippen molar-refractivity contribution in [3.63, 3.8) is 0 Å². The van der Waals surface area contributed by atoms with Crippen molar-refractivity contribution in [2.45, 2.75) is 63.8 Å². The summed E-state index contributed by atoms with van der Waals surface area (Å²) >= 11 is 0. The molecule has 0 radical (unpaired) electrons. The fourth-order valence-corrected chi connectivity index (χ4v) is 4.04. The third kappa shape index (κ3) is 4.14. The van der Waals surface area contributed by atoms with Crippen molar-refractivity contribution < 1.29 is 13.2 Å². The summed E-state index contributed by atoms with van der Waals surface area (Å²) in [6.07, 6.45) is 3.99. The standard InChI is InChI=1S/C13H27N3O3S/c1-10(2)14-7-4-8-16(3)20(17,18)15-12-9-11-5-6-13(12)19-11/h10-15H,4-9H2,1-3H3. The lowest BCUT2D eigenvalue weighted by Gasteiger charge is -2.24. The first-order valence-electron chi connectivity index (χ1n) is 7.51. The van der Waals surface area contributed by atoms with Crippen LogP contribution in [0.5, 0.6) is 0 Å². The fraction of sp³-hybridized carbons (Fsp3) is 1.00. The van der Waals surface area contributed by atoms with E-state index in [1.54, 1.807) is 7.05 Å². The van der Waals surface area contributed by atoms with Crippen molar-refractivity contribution in [2.24, 2.45) is 0 Å². The molecule has 2 aliphatic rings. The topological polar surface area (TPSA) is 70.7 Å². The second kappa shape index (κ2) is 6.70. The van der Waals surface area contributed by atoms with Gasteiger partial charge in [0.1, 0.15) is 0 Å². The van der Waals surface area contributed by atoms with Crippen molar-refractivity contribution in [1.82, 2.24) is 14.3 Å². The molecule has 0 aromatic rings. The van der Waals surface area contributed by atoms with Crippen LogP contribution in [-0.2, 0) is 14.9 Å². The Bertz CT molecular complexity index is 413. The molecule has 0 amide bonds. The summed E-state index contributed by atoms with van der Waals surface area (Å²) in [6, 6.07) is 0.385. The maximum absolute atomic E-state index is 12.2. The predicted molar refractivity (Wildman–Crippen MR) is 78.7 cm³/mol. The molecular formula is C13H27N3O3S. The summed E-state index contributed by atoms with van der Waals surface area (Å²) in [5.74, 6) is 0. The zero-order valence-electron chi connectivity index (χ0n) is 12.6. The van der Waals surface area contributed by atoms with E-state index in [9.17, 15) is 8.42 Å². The minimum absolute atomic E-state index is 0.0463. The molecule has 2 heterocycles. The van der Waals surface area contributed by atoms with Gasteiger partial charge in [0, 0.05) is 19.6 Å². The highest BCUT2D eigenvalue weighted by atomic mass is 32.2. The third-order valence-electron chi connectivity index (χ3n) is 4.02. The van der Waals surface area contributed by atoms with E-state index in [-0.39, 0.29) is 18.2 Å². The van der Waals surface area contributed by atoms with Gasteiger partial charge in [0.15, 0.2) is 0 Å². The number of hydrogen-bond acceptors (Lipinski definition) is 4. The Kier molecular flexibility index (Phi) is 5.42. The van der Waals surface area contributed by atoms with Crippen LogP contribution in [0.25, 0.3) is 0 Å². The van der Waals surface area contributed by atoms with Crippen molar-refractivity contribution in [2.75, 3.05) is 20.1 Å². The van der Waals surface area contributed by atoms with Crippen LogP contribution in [0.15, 0.2) is 0 Å². The Labute approximate surface area is 122 Å². The molecule has 118 valence electrons. The van der Waals surface area contributed by atoms with Crippen LogP contribution < -0.4 is 10.0 Å². The first kappa shape index (κ1) is 16.2. The van der Waals surface area contributed by atoms with Gasteiger partial charge in [-0.05, 0) is 32.2 Å². The predicted octanol–water partition coefficient (Wildman–Crippen LogP) is 0.461. The molecule has 2 bridgehead atoms. The Morgan fingerprint density at radius 1 is 1.35 bits per heavy atom. The summed E-state index contributed by atoms with van der Waals surface area (Å²) in [6.45, 7) is 5.51. The van der Waals surface area contributed by atoms with Gasteiger partial charge < -0.3 is 10.1 Å². The van der Waals surface area contributed by atoms with E-state index in [4.69, 9.17) is 4.74 Å². The highest BCUT2D eigenvalue weighted by Crippen LogP contribution is 2.34. The Hall–Kier alpha value is -0.210. The smallest absolute Gasteiger partial charge is 0.279 e. The fourth-order valence-electron chi connectivity index (χ4n) is 2.86. The van der Waals surface area contributed by atoms with E-state index in [2.05, 4.69) is 23.9 Å². The molecule has 2 aliphatic heterocycles. The van der Waals surface area contributed by atoms with E-state index < -0.39 is 10.2 Å². The molecule has 0 aromatic carbocycles. The maximum Gasteiger partial charge on any atom is 0.279 e. The van der Waals surface area contributed by atoms with Gasteiger partial charge in [0.2, 0.25) is 0 Å². The summed E-state index contributed by atoms with van der Waals surface area (Å²) in [7, 11) is -1.76. The molecule has 0 aromatic heterocycles. The molecule has 6 nitrogen and oxygen atoms in total. The summed E-state index contributed by atoms with van der Waals surface area (Å²) in [5, 5.41) is 3.29. The molecule has 2 N–H and O–H groups in total. The number of nitrogens with zero attached hydrogens (tertiary/aromatic N) is 1. The second-order valence-corrected chi connectivity index (χ2v) is 7.93. The lowest BCUT2D eigenvalue weighted by Crippen LogP contribution is -2.47. The molecular weight excluding hydrogens is 278 g/mol. The van der Waals surface area contributed by atoms with Crippen LogP contribution in [0.1, 0.15) is 39.5 Å². The quantitative estimate of drug-likeness (QED) is 0.639. The number of fused-ring (bicyclic) bond motifs is 2. The van der Waals surface area contributed by atoms with Crippen LogP contribution >= 0.6 is 0 Å². The lowest BCUT2D eigenvalue weighted by molar-refractivity contribution is 0.0994. The van der Waals surface area contributed by atoms with E-state index in [0.717, 1.165) is 32.2 Å². The monoisotopic (exact) mass is 305 g/mol. The molecule has 20 heavy (non-hydrogen) atoms. The normalized spacial score (nSPS) is 29.8. The van der Waals surface area contributed by atoms with Gasteiger partial charge >= 0.3 is 0 Å². The molecule has 7 heteroatoms. The highest BCUT2D eigenvalue weighted by Gasteiger charge is 2.42. The molecule has 2 saturated heterocycles. The Morgan fingerprint density at radius 2 is 2.10 bits per heavy atom.